The summed E-state index contributed by atoms with van der Waals surface area (Å²) in [5.74, 6) is 4.64. The molecule has 0 aliphatic carbocycles. The van der Waals surface area contributed by atoms with E-state index in [0.717, 1.165) is 11.8 Å². The largest absolute Gasteiger partial charge is 0.384 e. The zero-order valence-electron chi connectivity index (χ0n) is 11.4. The fourth-order valence-electron chi connectivity index (χ4n) is 1.73. The predicted molar refractivity (Wildman–Crippen MR) is 77.3 cm³/mol. The van der Waals surface area contributed by atoms with Crippen molar-refractivity contribution in [2.45, 2.75) is 6.92 Å². The van der Waals surface area contributed by atoms with Gasteiger partial charge in [-0.15, -0.1) is 0 Å². The van der Waals surface area contributed by atoms with Crippen molar-refractivity contribution < 1.29 is 14.3 Å². The SMILES string of the molecule is Cc1ccc(C(=O)Nc2ccc(F)cn2)c(C#CCO)c1. The van der Waals surface area contributed by atoms with Gasteiger partial charge in [-0.25, -0.2) is 9.37 Å². The highest BCUT2D eigenvalue weighted by atomic mass is 19.1. The number of aliphatic hydroxyl groups is 1. The van der Waals surface area contributed by atoms with Gasteiger partial charge >= 0.3 is 0 Å². The lowest BCUT2D eigenvalue weighted by Crippen LogP contribution is -2.14. The Bertz CT molecular complexity index is 715. The molecule has 1 heterocycles. The van der Waals surface area contributed by atoms with Gasteiger partial charge in [0, 0.05) is 5.56 Å². The zero-order valence-corrected chi connectivity index (χ0v) is 11.4. The number of carbonyl (C=O) groups is 1. The van der Waals surface area contributed by atoms with Crippen molar-refractivity contribution in [2.75, 3.05) is 11.9 Å². The molecule has 2 N–H and O–H groups in total. The maximum Gasteiger partial charge on any atom is 0.258 e. The van der Waals surface area contributed by atoms with Crippen molar-refractivity contribution >= 4 is 11.7 Å². The molecule has 5 heteroatoms. The lowest BCUT2D eigenvalue weighted by Gasteiger charge is -2.07. The lowest BCUT2D eigenvalue weighted by molar-refractivity contribution is 0.102. The molecule has 21 heavy (non-hydrogen) atoms. The number of nitrogens with zero attached hydrogens (tertiary/aromatic N) is 1. The average Bonchev–Trinajstić information content (AvgIpc) is 2.47. The first-order valence-electron chi connectivity index (χ1n) is 6.23. The Kier molecular flexibility index (Phi) is 4.64. The average molecular weight is 284 g/mol. The topological polar surface area (TPSA) is 62.2 Å². The van der Waals surface area contributed by atoms with E-state index in [9.17, 15) is 9.18 Å². The summed E-state index contributed by atoms with van der Waals surface area (Å²) in [6.07, 6.45) is 1.03. The van der Waals surface area contributed by atoms with Gasteiger partial charge in [-0.05, 0) is 36.8 Å². The third kappa shape index (κ3) is 3.88. The van der Waals surface area contributed by atoms with Gasteiger partial charge < -0.3 is 10.4 Å². The summed E-state index contributed by atoms with van der Waals surface area (Å²) in [7, 11) is 0. The van der Waals surface area contributed by atoms with Crippen molar-refractivity contribution in [3.05, 3.63) is 59.0 Å². The normalized spacial score (nSPS) is 9.67. The van der Waals surface area contributed by atoms with Crippen molar-refractivity contribution in [1.82, 2.24) is 4.98 Å². The van der Waals surface area contributed by atoms with Crippen LogP contribution in [0.1, 0.15) is 21.5 Å². The Balaban J connectivity index is 2.28. The summed E-state index contributed by atoms with van der Waals surface area (Å²) in [5.41, 5.74) is 1.84. The van der Waals surface area contributed by atoms with Crippen molar-refractivity contribution in [2.24, 2.45) is 0 Å². The van der Waals surface area contributed by atoms with Gasteiger partial charge in [0.25, 0.3) is 5.91 Å². The number of aromatic nitrogens is 1. The highest BCUT2D eigenvalue weighted by Crippen LogP contribution is 2.13. The first kappa shape index (κ1) is 14.7. The third-order valence-corrected chi connectivity index (χ3v) is 2.69. The van der Waals surface area contributed by atoms with E-state index in [-0.39, 0.29) is 12.4 Å². The highest BCUT2D eigenvalue weighted by molar-refractivity contribution is 6.05. The number of halogens is 1. The van der Waals surface area contributed by atoms with Crippen molar-refractivity contribution in [3.8, 4) is 11.8 Å². The molecular weight excluding hydrogens is 271 g/mol. The van der Waals surface area contributed by atoms with Crippen LogP contribution in [0.15, 0.2) is 36.5 Å². The molecule has 2 rings (SSSR count). The van der Waals surface area contributed by atoms with Crippen LogP contribution in [0.25, 0.3) is 0 Å². The molecule has 0 unspecified atom stereocenters. The molecule has 2 aromatic rings. The first-order valence-corrected chi connectivity index (χ1v) is 6.23. The minimum atomic E-state index is -0.474. The molecule has 0 aliphatic rings. The Morgan fingerprint density at radius 2 is 2.19 bits per heavy atom. The fraction of sp³-hybridized carbons (Fsp3) is 0.125. The van der Waals surface area contributed by atoms with Crippen LogP contribution in [0.5, 0.6) is 0 Å². The monoisotopic (exact) mass is 284 g/mol. The van der Waals surface area contributed by atoms with Crippen LogP contribution < -0.4 is 5.32 Å². The van der Waals surface area contributed by atoms with Gasteiger partial charge in [0.05, 0.1) is 11.8 Å². The standard InChI is InChI=1S/C16H13FN2O2/c1-11-4-6-14(12(9-11)3-2-8-20)16(21)19-15-7-5-13(17)10-18-15/h4-7,9-10,20H,8H2,1H3,(H,18,19,21). The molecule has 0 atom stereocenters. The van der Waals surface area contributed by atoms with E-state index in [1.165, 1.54) is 12.1 Å². The number of anilines is 1. The van der Waals surface area contributed by atoms with E-state index in [2.05, 4.69) is 22.1 Å². The maximum absolute atomic E-state index is 12.8. The number of hydrogen-bond acceptors (Lipinski definition) is 3. The smallest absolute Gasteiger partial charge is 0.258 e. The Morgan fingerprint density at radius 1 is 1.38 bits per heavy atom. The molecule has 0 aliphatic heterocycles. The number of nitrogens with one attached hydrogen (secondary N) is 1. The van der Waals surface area contributed by atoms with Gasteiger partial charge in [0.2, 0.25) is 0 Å². The number of carbonyl (C=O) groups excluding carboxylic acids is 1. The quantitative estimate of drug-likeness (QED) is 0.830. The third-order valence-electron chi connectivity index (χ3n) is 2.69. The van der Waals surface area contributed by atoms with Crippen LogP contribution in [0, 0.1) is 24.6 Å². The van der Waals surface area contributed by atoms with Gasteiger partial charge in [-0.1, -0.05) is 17.9 Å². The number of benzene rings is 1. The molecule has 0 spiro atoms. The summed E-state index contributed by atoms with van der Waals surface area (Å²) >= 11 is 0. The number of amides is 1. The van der Waals surface area contributed by atoms with Crippen LogP contribution >= 0.6 is 0 Å². The zero-order chi connectivity index (χ0) is 15.2. The predicted octanol–water partition coefficient (Wildman–Crippen LogP) is 2.13. The highest BCUT2D eigenvalue weighted by Gasteiger charge is 2.11. The van der Waals surface area contributed by atoms with Gasteiger partial charge in [-0.3, -0.25) is 4.79 Å². The van der Waals surface area contributed by atoms with Crippen LogP contribution in [-0.2, 0) is 0 Å². The van der Waals surface area contributed by atoms with Gasteiger partial charge in [-0.2, -0.15) is 0 Å². The minimum absolute atomic E-state index is 0.253. The van der Waals surface area contributed by atoms with Crippen LogP contribution in [0.3, 0.4) is 0 Å². The Morgan fingerprint density at radius 3 is 2.86 bits per heavy atom. The molecule has 1 aromatic carbocycles. The lowest BCUT2D eigenvalue weighted by atomic mass is 10.0. The van der Waals surface area contributed by atoms with Gasteiger partial charge in [0.15, 0.2) is 0 Å². The summed E-state index contributed by atoms with van der Waals surface area (Å²) in [6, 6.07) is 7.78. The Labute approximate surface area is 121 Å². The van der Waals surface area contributed by atoms with E-state index in [1.54, 1.807) is 18.2 Å². The number of aryl methyl sites for hydroxylation is 1. The molecule has 0 saturated carbocycles. The first-order chi connectivity index (χ1) is 10.1. The number of aliphatic hydroxyl groups excluding tert-OH is 1. The second-order valence-electron chi connectivity index (χ2n) is 4.32. The van der Waals surface area contributed by atoms with Crippen molar-refractivity contribution in [1.29, 1.82) is 0 Å². The number of pyridine rings is 1. The molecule has 0 fully saturated rings. The summed E-state index contributed by atoms with van der Waals surface area (Å²) in [6.45, 7) is 1.60. The minimum Gasteiger partial charge on any atom is -0.384 e. The second kappa shape index (κ2) is 6.64. The molecular formula is C16H13FN2O2. The maximum atomic E-state index is 12.8. The van der Waals surface area contributed by atoms with E-state index < -0.39 is 11.7 Å². The molecule has 0 bridgehead atoms. The molecule has 1 amide bonds. The molecule has 0 radical (unpaired) electrons. The number of hydrogen-bond donors (Lipinski definition) is 2. The van der Waals surface area contributed by atoms with E-state index in [1.807, 2.05) is 6.92 Å². The van der Waals surface area contributed by atoms with Crippen LogP contribution in [0.2, 0.25) is 0 Å². The second-order valence-corrected chi connectivity index (χ2v) is 4.32. The molecule has 106 valence electrons. The Hall–Kier alpha value is -2.71. The molecule has 4 nitrogen and oxygen atoms in total. The fourth-order valence-corrected chi connectivity index (χ4v) is 1.73. The number of rotatable bonds is 2. The molecule has 0 saturated heterocycles. The summed E-state index contributed by atoms with van der Waals surface area (Å²) < 4.78 is 12.8. The van der Waals surface area contributed by atoms with Gasteiger partial charge in [0.1, 0.15) is 18.2 Å². The van der Waals surface area contributed by atoms with E-state index in [4.69, 9.17) is 5.11 Å². The summed E-state index contributed by atoms with van der Waals surface area (Å²) in [5, 5.41) is 11.3. The van der Waals surface area contributed by atoms with Crippen LogP contribution in [-0.4, -0.2) is 22.6 Å². The van der Waals surface area contributed by atoms with Crippen molar-refractivity contribution in [3.63, 3.8) is 0 Å². The van der Waals surface area contributed by atoms with Crippen LogP contribution in [0.4, 0.5) is 10.2 Å². The molecule has 1 aromatic heterocycles. The van der Waals surface area contributed by atoms with E-state index >= 15 is 0 Å². The summed E-state index contributed by atoms with van der Waals surface area (Å²) in [4.78, 5) is 16.0. The van der Waals surface area contributed by atoms with E-state index in [0.29, 0.717) is 11.1 Å².